The van der Waals surface area contributed by atoms with Crippen LogP contribution < -0.4 is 10.6 Å². The Morgan fingerprint density at radius 2 is 1.46 bits per heavy atom. The lowest BCUT2D eigenvalue weighted by Crippen LogP contribution is -2.49. The predicted octanol–water partition coefficient (Wildman–Crippen LogP) is 1.68. The maximum absolute atomic E-state index is 12.3. The van der Waals surface area contributed by atoms with Crippen molar-refractivity contribution in [2.24, 2.45) is 0 Å². The number of alkyl carbamates (subject to hydrolysis) is 1. The monoisotopic (exact) mass is 373 g/mol. The normalized spacial score (nSPS) is 14.2. The molecule has 0 aliphatic heterocycles. The van der Waals surface area contributed by atoms with E-state index < -0.39 is 29.4 Å². The highest BCUT2D eigenvalue weighted by molar-refractivity contribution is 5.85. The number of carbonyl (C=O) groups is 3. The molecule has 0 saturated carbocycles. The lowest BCUT2D eigenvalue weighted by atomic mass is 10.1. The number of hydrogen-bond donors (Lipinski definition) is 2. The average molecular weight is 373 g/mol. The maximum Gasteiger partial charge on any atom is 0.408 e. The van der Waals surface area contributed by atoms with Gasteiger partial charge in [0.2, 0.25) is 5.91 Å². The fourth-order valence-corrected chi connectivity index (χ4v) is 1.94. The Hall–Kier alpha value is -1.83. The fraction of sp³-hybridized carbons (Fsp3) is 0.833. The van der Waals surface area contributed by atoms with Crippen molar-refractivity contribution >= 4 is 18.0 Å². The van der Waals surface area contributed by atoms with E-state index >= 15 is 0 Å². The summed E-state index contributed by atoms with van der Waals surface area (Å²) in [5, 5.41) is 5.60. The van der Waals surface area contributed by atoms with Crippen LogP contribution in [0.15, 0.2) is 0 Å². The molecular weight excluding hydrogens is 338 g/mol. The molecule has 0 heterocycles. The van der Waals surface area contributed by atoms with Crippen LogP contribution in [0, 0.1) is 0 Å². The number of ether oxygens (including phenoxy) is 2. The molecule has 2 amide bonds. The van der Waals surface area contributed by atoms with Crippen molar-refractivity contribution in [3.8, 4) is 0 Å². The van der Waals surface area contributed by atoms with Crippen molar-refractivity contribution < 1.29 is 23.9 Å². The number of rotatable bonds is 7. The molecule has 0 spiro atoms. The number of nitrogens with one attached hydrogen (secondary N) is 2. The Bertz CT molecular complexity index is 492. The predicted molar refractivity (Wildman–Crippen MR) is 99.8 cm³/mol. The standard InChI is InChI=1S/C18H35N3O5/c1-12(15(23)25-17(2,3)4)19-11-10-13(14(22)21(8)9)20-16(24)26-18(5,6)7/h12-13,19H,10-11H2,1-9H3,(H,20,24)/t12-,13+/m1/s1. The van der Waals surface area contributed by atoms with E-state index in [-0.39, 0.29) is 11.9 Å². The third kappa shape index (κ3) is 10.9. The van der Waals surface area contributed by atoms with Gasteiger partial charge in [0.05, 0.1) is 0 Å². The highest BCUT2D eigenvalue weighted by Crippen LogP contribution is 2.09. The van der Waals surface area contributed by atoms with Crippen LogP contribution in [0.4, 0.5) is 4.79 Å². The van der Waals surface area contributed by atoms with Crippen LogP contribution in [0.2, 0.25) is 0 Å². The number of amides is 2. The molecule has 0 aromatic rings. The quantitative estimate of drug-likeness (QED) is 0.659. The molecule has 0 radical (unpaired) electrons. The van der Waals surface area contributed by atoms with E-state index in [1.165, 1.54) is 4.90 Å². The second-order valence-corrected chi connectivity index (χ2v) is 8.43. The second kappa shape index (κ2) is 9.75. The first-order valence-electron chi connectivity index (χ1n) is 8.79. The van der Waals surface area contributed by atoms with Crippen LogP contribution in [-0.2, 0) is 19.1 Å². The van der Waals surface area contributed by atoms with E-state index in [1.807, 2.05) is 0 Å². The third-order valence-electron chi connectivity index (χ3n) is 3.07. The van der Waals surface area contributed by atoms with Crippen molar-refractivity contribution in [1.29, 1.82) is 0 Å². The molecule has 2 N–H and O–H groups in total. The van der Waals surface area contributed by atoms with Gasteiger partial charge >= 0.3 is 12.1 Å². The van der Waals surface area contributed by atoms with Gasteiger partial charge in [-0.1, -0.05) is 0 Å². The number of esters is 1. The molecule has 152 valence electrons. The van der Waals surface area contributed by atoms with Crippen molar-refractivity contribution in [2.45, 2.75) is 78.2 Å². The summed E-state index contributed by atoms with van der Waals surface area (Å²) in [4.78, 5) is 37.6. The van der Waals surface area contributed by atoms with Gasteiger partial charge in [0.1, 0.15) is 23.3 Å². The Labute approximate surface area is 157 Å². The zero-order chi connectivity index (χ0) is 20.7. The molecule has 0 fully saturated rings. The summed E-state index contributed by atoms with van der Waals surface area (Å²) in [5.41, 5.74) is -1.21. The molecule has 26 heavy (non-hydrogen) atoms. The molecule has 0 bridgehead atoms. The van der Waals surface area contributed by atoms with Gasteiger partial charge in [0.25, 0.3) is 0 Å². The third-order valence-corrected chi connectivity index (χ3v) is 3.07. The minimum Gasteiger partial charge on any atom is -0.459 e. The minimum atomic E-state index is -0.752. The molecule has 2 atom stereocenters. The summed E-state index contributed by atoms with van der Waals surface area (Å²) in [6.07, 6.45) is -0.346. The van der Waals surface area contributed by atoms with Gasteiger partial charge in [-0.2, -0.15) is 0 Å². The number of carbonyl (C=O) groups excluding carboxylic acids is 3. The summed E-state index contributed by atoms with van der Waals surface area (Å²) in [6.45, 7) is 12.7. The van der Waals surface area contributed by atoms with Gasteiger partial charge in [0.15, 0.2) is 0 Å². The smallest absolute Gasteiger partial charge is 0.408 e. The second-order valence-electron chi connectivity index (χ2n) is 8.43. The van der Waals surface area contributed by atoms with Crippen molar-refractivity contribution in [1.82, 2.24) is 15.5 Å². The van der Waals surface area contributed by atoms with Crippen molar-refractivity contribution in [3.05, 3.63) is 0 Å². The molecular formula is C18H35N3O5. The topological polar surface area (TPSA) is 97.0 Å². The van der Waals surface area contributed by atoms with E-state index in [0.717, 1.165) is 0 Å². The van der Waals surface area contributed by atoms with Gasteiger partial charge < -0.3 is 25.0 Å². The van der Waals surface area contributed by atoms with Crippen LogP contribution in [-0.4, -0.2) is 66.8 Å². The van der Waals surface area contributed by atoms with Crippen LogP contribution in [0.5, 0.6) is 0 Å². The van der Waals surface area contributed by atoms with E-state index in [4.69, 9.17) is 9.47 Å². The van der Waals surface area contributed by atoms with Gasteiger partial charge in [0, 0.05) is 14.1 Å². The molecule has 0 aliphatic rings. The lowest BCUT2D eigenvalue weighted by Gasteiger charge is -2.26. The van der Waals surface area contributed by atoms with E-state index in [1.54, 1.807) is 62.6 Å². The summed E-state index contributed by atoms with van der Waals surface area (Å²) in [7, 11) is 3.23. The summed E-state index contributed by atoms with van der Waals surface area (Å²) in [6, 6.07) is -1.27. The Morgan fingerprint density at radius 3 is 1.88 bits per heavy atom. The summed E-state index contributed by atoms with van der Waals surface area (Å²) >= 11 is 0. The van der Waals surface area contributed by atoms with E-state index in [0.29, 0.717) is 13.0 Å². The molecule has 8 heteroatoms. The maximum atomic E-state index is 12.3. The summed E-state index contributed by atoms with van der Waals surface area (Å²) < 4.78 is 10.5. The number of nitrogens with zero attached hydrogens (tertiary/aromatic N) is 1. The molecule has 0 saturated heterocycles. The molecule has 8 nitrogen and oxygen atoms in total. The Morgan fingerprint density at radius 1 is 0.962 bits per heavy atom. The number of hydrogen-bond acceptors (Lipinski definition) is 6. The first-order valence-corrected chi connectivity index (χ1v) is 8.79. The highest BCUT2D eigenvalue weighted by atomic mass is 16.6. The first-order chi connectivity index (χ1) is 11.6. The van der Waals surface area contributed by atoms with Gasteiger partial charge in [-0.05, 0) is 61.4 Å². The van der Waals surface area contributed by atoms with Crippen molar-refractivity contribution in [3.63, 3.8) is 0 Å². The first kappa shape index (κ1) is 24.2. The Balaban J connectivity index is 4.68. The highest BCUT2D eigenvalue weighted by Gasteiger charge is 2.26. The summed E-state index contributed by atoms with van der Waals surface area (Å²) in [5.74, 6) is -0.615. The van der Waals surface area contributed by atoms with E-state index in [9.17, 15) is 14.4 Å². The zero-order valence-corrected chi connectivity index (χ0v) is 17.6. The minimum absolute atomic E-state index is 0.248. The SMILES string of the molecule is C[C@@H](NCC[C@H](NC(=O)OC(C)(C)C)C(=O)N(C)C)C(=O)OC(C)(C)C. The van der Waals surface area contributed by atoms with Crippen molar-refractivity contribution in [2.75, 3.05) is 20.6 Å². The van der Waals surface area contributed by atoms with Crippen LogP contribution in [0.3, 0.4) is 0 Å². The van der Waals surface area contributed by atoms with Gasteiger partial charge in [-0.25, -0.2) is 4.79 Å². The molecule has 0 aliphatic carbocycles. The van der Waals surface area contributed by atoms with Crippen LogP contribution >= 0.6 is 0 Å². The van der Waals surface area contributed by atoms with Crippen LogP contribution in [0.25, 0.3) is 0 Å². The Kier molecular flexibility index (Phi) is 9.07. The largest absolute Gasteiger partial charge is 0.459 e. The fourth-order valence-electron chi connectivity index (χ4n) is 1.94. The molecule has 0 unspecified atom stereocenters. The van der Waals surface area contributed by atoms with Gasteiger partial charge in [-0.3, -0.25) is 9.59 Å². The molecule has 0 aromatic heterocycles. The van der Waals surface area contributed by atoms with Crippen LogP contribution in [0.1, 0.15) is 54.9 Å². The average Bonchev–Trinajstić information content (AvgIpc) is 2.41. The molecule has 0 aromatic carbocycles. The van der Waals surface area contributed by atoms with Gasteiger partial charge in [-0.15, -0.1) is 0 Å². The lowest BCUT2D eigenvalue weighted by molar-refractivity contribution is -0.156. The number of likely N-dealkylation sites (N-methyl/N-ethyl adjacent to an activating group) is 1. The zero-order valence-electron chi connectivity index (χ0n) is 17.6. The van der Waals surface area contributed by atoms with E-state index in [2.05, 4.69) is 10.6 Å². The molecule has 0 rings (SSSR count).